The number of anilines is 4. The number of hydrogen-bond donors (Lipinski definition) is 2. The number of nitrogens with zero attached hydrogens (tertiary/aromatic N) is 2. The number of methoxy groups -OCH3 is 2. The van der Waals surface area contributed by atoms with Gasteiger partial charge in [-0.05, 0) is 35.4 Å². The first-order valence-electron chi connectivity index (χ1n) is 12.6. The summed E-state index contributed by atoms with van der Waals surface area (Å²) in [5, 5.41) is 12.5. The Bertz CT molecular complexity index is 1600. The number of hydrogen-bond acceptors (Lipinski definition) is 8. The molecule has 0 unspecified atom stereocenters. The third-order valence-electron chi connectivity index (χ3n) is 6.37. The molecule has 0 aliphatic heterocycles. The van der Waals surface area contributed by atoms with E-state index in [4.69, 9.17) is 19.4 Å². The SMILES string of the molecule is COc1cc(-c2ccc(Nc3nc(-c4ccccc4)cs3)c(OC)c2)ccc1Nc1nc(-c2ccccc2)cs1. The van der Waals surface area contributed by atoms with Crippen LogP contribution in [0.25, 0.3) is 33.6 Å². The summed E-state index contributed by atoms with van der Waals surface area (Å²) in [5.41, 5.74) is 7.79. The molecule has 0 radical (unpaired) electrons. The molecule has 40 heavy (non-hydrogen) atoms. The zero-order valence-electron chi connectivity index (χ0n) is 21.9. The first kappa shape index (κ1) is 25.6. The molecule has 0 amide bonds. The van der Waals surface area contributed by atoms with Crippen molar-refractivity contribution in [1.29, 1.82) is 0 Å². The molecule has 198 valence electrons. The molecule has 0 aliphatic carbocycles. The van der Waals surface area contributed by atoms with Gasteiger partial charge in [-0.3, -0.25) is 0 Å². The fraction of sp³-hybridized carbons (Fsp3) is 0.0625. The van der Waals surface area contributed by atoms with Crippen LogP contribution in [0.3, 0.4) is 0 Å². The van der Waals surface area contributed by atoms with Crippen molar-refractivity contribution in [2.24, 2.45) is 0 Å². The molecule has 6 aromatic rings. The fourth-order valence-corrected chi connectivity index (χ4v) is 5.79. The van der Waals surface area contributed by atoms with Crippen LogP contribution in [0.4, 0.5) is 21.6 Å². The van der Waals surface area contributed by atoms with Crippen LogP contribution in [-0.4, -0.2) is 24.2 Å². The van der Waals surface area contributed by atoms with Gasteiger partial charge in [-0.25, -0.2) is 9.97 Å². The topological polar surface area (TPSA) is 68.3 Å². The Hall–Kier alpha value is -4.66. The Morgan fingerprint density at radius 1 is 0.525 bits per heavy atom. The summed E-state index contributed by atoms with van der Waals surface area (Å²) in [6.07, 6.45) is 0. The first-order chi connectivity index (χ1) is 19.7. The molecule has 6 nitrogen and oxygen atoms in total. The first-order valence-corrected chi connectivity index (χ1v) is 14.4. The van der Waals surface area contributed by atoms with Crippen LogP contribution in [0.1, 0.15) is 0 Å². The summed E-state index contributed by atoms with van der Waals surface area (Å²) in [5.74, 6) is 1.46. The lowest BCUT2D eigenvalue weighted by molar-refractivity contribution is 0.416. The van der Waals surface area contributed by atoms with Crippen LogP contribution in [-0.2, 0) is 0 Å². The maximum absolute atomic E-state index is 5.73. The second kappa shape index (κ2) is 11.6. The highest BCUT2D eigenvalue weighted by Crippen LogP contribution is 2.38. The fourth-order valence-electron chi connectivity index (χ4n) is 4.32. The molecule has 0 fully saturated rings. The molecular weight excluding hydrogens is 537 g/mol. The van der Waals surface area contributed by atoms with E-state index in [1.807, 2.05) is 60.7 Å². The average molecular weight is 563 g/mol. The molecule has 8 heteroatoms. The van der Waals surface area contributed by atoms with E-state index in [1.165, 1.54) is 0 Å². The molecule has 2 aromatic heterocycles. The third-order valence-corrected chi connectivity index (χ3v) is 7.88. The van der Waals surface area contributed by atoms with Crippen molar-refractivity contribution in [2.45, 2.75) is 0 Å². The van der Waals surface area contributed by atoms with Gasteiger partial charge < -0.3 is 20.1 Å². The lowest BCUT2D eigenvalue weighted by Gasteiger charge is -2.14. The Kier molecular flexibility index (Phi) is 7.43. The smallest absolute Gasteiger partial charge is 0.187 e. The predicted molar refractivity (Wildman–Crippen MR) is 167 cm³/mol. The summed E-state index contributed by atoms with van der Waals surface area (Å²) in [6.45, 7) is 0. The van der Waals surface area contributed by atoms with Gasteiger partial charge in [0.25, 0.3) is 0 Å². The van der Waals surface area contributed by atoms with Gasteiger partial charge in [0.05, 0.1) is 37.0 Å². The van der Waals surface area contributed by atoms with Gasteiger partial charge >= 0.3 is 0 Å². The van der Waals surface area contributed by atoms with Crippen molar-refractivity contribution in [3.8, 4) is 45.1 Å². The second-order valence-electron chi connectivity index (χ2n) is 8.89. The standard InChI is InChI=1S/C32H26N4O2S2/c1-37-29-17-23(13-15-25(29)33-31-35-27(19-39-31)21-9-5-3-6-10-21)24-14-16-26(30(18-24)38-2)34-32-36-28(20-40-32)22-11-7-4-8-12-22/h3-20H,1-2H3,(H,33,35)(H,34,36). The summed E-state index contributed by atoms with van der Waals surface area (Å²) >= 11 is 3.12. The Labute approximate surface area is 240 Å². The van der Waals surface area contributed by atoms with E-state index >= 15 is 0 Å². The number of ether oxygens (including phenoxy) is 2. The van der Waals surface area contributed by atoms with E-state index < -0.39 is 0 Å². The molecule has 2 heterocycles. The quantitative estimate of drug-likeness (QED) is 0.183. The highest BCUT2D eigenvalue weighted by Gasteiger charge is 2.13. The molecule has 0 atom stereocenters. The van der Waals surface area contributed by atoms with Crippen LogP contribution in [0.5, 0.6) is 11.5 Å². The van der Waals surface area contributed by atoms with Crippen LogP contribution in [0, 0.1) is 0 Å². The van der Waals surface area contributed by atoms with Crippen LogP contribution in [0.2, 0.25) is 0 Å². The van der Waals surface area contributed by atoms with E-state index in [1.54, 1.807) is 36.9 Å². The van der Waals surface area contributed by atoms with Crippen molar-refractivity contribution in [3.05, 3.63) is 108 Å². The van der Waals surface area contributed by atoms with E-state index in [0.29, 0.717) is 0 Å². The normalized spacial score (nSPS) is 10.8. The molecule has 2 N–H and O–H groups in total. The molecule has 4 aromatic carbocycles. The van der Waals surface area contributed by atoms with Gasteiger partial charge in [0.15, 0.2) is 10.3 Å². The molecule has 0 saturated heterocycles. The highest BCUT2D eigenvalue weighted by atomic mass is 32.1. The molecule has 6 rings (SSSR count). The maximum atomic E-state index is 5.73. The monoisotopic (exact) mass is 562 g/mol. The molecule has 0 saturated carbocycles. The molecule has 0 aliphatic rings. The minimum atomic E-state index is 0.728. The van der Waals surface area contributed by atoms with E-state index in [-0.39, 0.29) is 0 Å². The Morgan fingerprint density at radius 3 is 1.35 bits per heavy atom. The minimum Gasteiger partial charge on any atom is -0.495 e. The zero-order valence-corrected chi connectivity index (χ0v) is 23.6. The van der Waals surface area contributed by atoms with E-state index in [0.717, 1.165) is 66.8 Å². The van der Waals surface area contributed by atoms with Gasteiger partial charge in [-0.1, -0.05) is 72.8 Å². The van der Waals surface area contributed by atoms with Gasteiger partial charge in [0, 0.05) is 21.9 Å². The highest BCUT2D eigenvalue weighted by molar-refractivity contribution is 7.14. The predicted octanol–water partition coefficient (Wildman–Crippen LogP) is 9.11. The summed E-state index contributed by atoms with van der Waals surface area (Å²) in [6, 6.07) is 32.5. The van der Waals surface area contributed by atoms with Gasteiger partial charge in [-0.15, -0.1) is 22.7 Å². The van der Waals surface area contributed by atoms with Crippen LogP contribution in [0.15, 0.2) is 108 Å². The van der Waals surface area contributed by atoms with Gasteiger partial charge in [0.1, 0.15) is 11.5 Å². The minimum absolute atomic E-state index is 0.728. The van der Waals surface area contributed by atoms with Crippen molar-refractivity contribution in [2.75, 3.05) is 24.9 Å². The second-order valence-corrected chi connectivity index (χ2v) is 10.6. The van der Waals surface area contributed by atoms with E-state index in [2.05, 4.69) is 57.8 Å². The van der Waals surface area contributed by atoms with Crippen LogP contribution < -0.4 is 20.1 Å². The molecule has 0 bridgehead atoms. The van der Waals surface area contributed by atoms with Gasteiger partial charge in [0.2, 0.25) is 0 Å². The average Bonchev–Trinajstić information content (AvgIpc) is 3.68. The number of nitrogens with one attached hydrogen (secondary N) is 2. The summed E-state index contributed by atoms with van der Waals surface area (Å²) in [4.78, 5) is 9.48. The number of aromatic nitrogens is 2. The van der Waals surface area contributed by atoms with Crippen molar-refractivity contribution in [3.63, 3.8) is 0 Å². The maximum Gasteiger partial charge on any atom is 0.187 e. The number of thiazole rings is 2. The lowest BCUT2D eigenvalue weighted by Crippen LogP contribution is -1.96. The summed E-state index contributed by atoms with van der Waals surface area (Å²) in [7, 11) is 3.35. The largest absolute Gasteiger partial charge is 0.495 e. The Morgan fingerprint density at radius 2 is 0.950 bits per heavy atom. The molecular formula is C32H26N4O2S2. The number of rotatable bonds is 9. The Balaban J connectivity index is 1.20. The van der Waals surface area contributed by atoms with Crippen molar-refractivity contribution < 1.29 is 9.47 Å². The van der Waals surface area contributed by atoms with Crippen molar-refractivity contribution in [1.82, 2.24) is 9.97 Å². The van der Waals surface area contributed by atoms with Gasteiger partial charge in [-0.2, -0.15) is 0 Å². The molecule has 0 spiro atoms. The van der Waals surface area contributed by atoms with Crippen molar-refractivity contribution >= 4 is 44.3 Å². The third kappa shape index (κ3) is 5.54. The lowest BCUT2D eigenvalue weighted by atomic mass is 10.0. The number of benzene rings is 4. The van der Waals surface area contributed by atoms with E-state index in [9.17, 15) is 0 Å². The van der Waals surface area contributed by atoms with Crippen LogP contribution >= 0.6 is 22.7 Å². The summed E-state index contributed by atoms with van der Waals surface area (Å²) < 4.78 is 11.5. The zero-order chi connectivity index (χ0) is 27.3.